The highest BCUT2D eigenvalue weighted by Crippen LogP contribution is 2.19. The molecule has 3 aromatic heterocycles. The summed E-state index contributed by atoms with van der Waals surface area (Å²) in [5, 5.41) is 10.6. The van der Waals surface area contributed by atoms with Crippen molar-refractivity contribution in [3.63, 3.8) is 0 Å². The Kier molecular flexibility index (Phi) is 4.38. The van der Waals surface area contributed by atoms with Gasteiger partial charge in [-0.2, -0.15) is 5.10 Å². The molecule has 0 aliphatic rings. The van der Waals surface area contributed by atoms with Gasteiger partial charge in [0.15, 0.2) is 0 Å². The van der Waals surface area contributed by atoms with E-state index in [0.717, 1.165) is 42.9 Å². The molecule has 0 aromatic carbocycles. The molecule has 2 N–H and O–H groups in total. The molecule has 0 aliphatic carbocycles. The van der Waals surface area contributed by atoms with Crippen LogP contribution >= 0.6 is 0 Å². The third-order valence-electron chi connectivity index (χ3n) is 3.31. The smallest absolute Gasteiger partial charge is 0.0945 e. The second kappa shape index (κ2) is 6.81. The molecular formula is C15H18N6. The third-order valence-corrected chi connectivity index (χ3v) is 3.31. The molecule has 6 heteroatoms. The Bertz CT molecular complexity index is 644. The molecule has 6 nitrogen and oxygen atoms in total. The average molecular weight is 282 g/mol. The van der Waals surface area contributed by atoms with Crippen LogP contribution < -0.4 is 5.32 Å². The van der Waals surface area contributed by atoms with E-state index in [2.05, 4.69) is 30.0 Å². The number of nitrogens with zero attached hydrogens (tertiary/aromatic N) is 4. The van der Waals surface area contributed by atoms with Crippen LogP contribution in [0.25, 0.3) is 11.3 Å². The van der Waals surface area contributed by atoms with Crippen molar-refractivity contribution in [2.45, 2.75) is 19.5 Å². The van der Waals surface area contributed by atoms with Gasteiger partial charge in [-0.15, -0.1) is 0 Å². The molecule has 0 amide bonds. The zero-order chi connectivity index (χ0) is 14.3. The molecular weight excluding hydrogens is 264 g/mol. The van der Waals surface area contributed by atoms with E-state index in [-0.39, 0.29) is 0 Å². The predicted octanol–water partition coefficient (Wildman–Crippen LogP) is 1.85. The number of rotatable bonds is 7. The third kappa shape index (κ3) is 3.55. The molecule has 0 saturated heterocycles. The van der Waals surface area contributed by atoms with Crippen LogP contribution in [0, 0.1) is 0 Å². The zero-order valence-electron chi connectivity index (χ0n) is 11.7. The van der Waals surface area contributed by atoms with E-state index in [0.29, 0.717) is 0 Å². The lowest BCUT2D eigenvalue weighted by Crippen LogP contribution is -2.16. The summed E-state index contributed by atoms with van der Waals surface area (Å²) in [7, 11) is 0. The standard InChI is InChI=1S/C15H18N6/c1-3-13(9-16-4-1)15-14(11-19-20-15)10-17-5-2-7-21-8-6-18-12-21/h1,3-4,6,8-9,11-12,17H,2,5,7,10H2,(H,19,20). The van der Waals surface area contributed by atoms with Gasteiger partial charge in [0.05, 0.1) is 18.2 Å². The molecule has 108 valence electrons. The van der Waals surface area contributed by atoms with Gasteiger partial charge in [0.2, 0.25) is 0 Å². The van der Waals surface area contributed by atoms with Crippen molar-refractivity contribution in [2.75, 3.05) is 6.54 Å². The Morgan fingerprint density at radius 3 is 3.00 bits per heavy atom. The fourth-order valence-corrected chi connectivity index (χ4v) is 2.23. The molecule has 0 atom stereocenters. The summed E-state index contributed by atoms with van der Waals surface area (Å²) < 4.78 is 2.08. The van der Waals surface area contributed by atoms with Crippen LogP contribution in [0.4, 0.5) is 0 Å². The van der Waals surface area contributed by atoms with Crippen LogP contribution in [0.5, 0.6) is 0 Å². The summed E-state index contributed by atoms with van der Waals surface area (Å²) in [6.45, 7) is 2.73. The number of aromatic amines is 1. The maximum absolute atomic E-state index is 4.14. The first-order valence-electron chi connectivity index (χ1n) is 7.02. The van der Waals surface area contributed by atoms with Gasteiger partial charge in [0.1, 0.15) is 0 Å². The summed E-state index contributed by atoms with van der Waals surface area (Å²) in [4.78, 5) is 8.17. The molecule has 3 heterocycles. The second-order valence-corrected chi connectivity index (χ2v) is 4.84. The van der Waals surface area contributed by atoms with Crippen LogP contribution in [-0.4, -0.2) is 31.3 Å². The van der Waals surface area contributed by atoms with Crippen LogP contribution in [0.1, 0.15) is 12.0 Å². The molecule has 3 rings (SSSR count). The van der Waals surface area contributed by atoms with Gasteiger partial charge in [-0.05, 0) is 25.1 Å². The van der Waals surface area contributed by atoms with E-state index >= 15 is 0 Å². The molecule has 21 heavy (non-hydrogen) atoms. The van der Waals surface area contributed by atoms with Crippen LogP contribution in [0.15, 0.2) is 49.4 Å². The van der Waals surface area contributed by atoms with E-state index in [1.165, 1.54) is 0 Å². The summed E-state index contributed by atoms with van der Waals surface area (Å²) in [6.07, 6.45) is 12.2. The van der Waals surface area contributed by atoms with Crippen molar-refractivity contribution < 1.29 is 0 Å². The molecule has 0 bridgehead atoms. The molecule has 0 unspecified atom stereocenters. The highest BCUT2D eigenvalue weighted by atomic mass is 15.1. The highest BCUT2D eigenvalue weighted by molar-refractivity contribution is 5.61. The Balaban J connectivity index is 1.49. The Morgan fingerprint density at radius 1 is 1.19 bits per heavy atom. The number of pyridine rings is 1. The van der Waals surface area contributed by atoms with Gasteiger partial charge in [-0.1, -0.05) is 0 Å². The first-order chi connectivity index (χ1) is 10.4. The van der Waals surface area contributed by atoms with Crippen molar-refractivity contribution in [3.05, 3.63) is 55.0 Å². The number of hydrogen-bond donors (Lipinski definition) is 2. The number of aromatic nitrogens is 5. The highest BCUT2D eigenvalue weighted by Gasteiger charge is 2.06. The number of nitrogens with one attached hydrogen (secondary N) is 2. The Hall–Kier alpha value is -2.47. The lowest BCUT2D eigenvalue weighted by Gasteiger charge is -2.06. The van der Waals surface area contributed by atoms with E-state index in [9.17, 15) is 0 Å². The Morgan fingerprint density at radius 2 is 2.19 bits per heavy atom. The molecule has 0 radical (unpaired) electrons. The molecule has 3 aromatic rings. The van der Waals surface area contributed by atoms with Gasteiger partial charge in [0.25, 0.3) is 0 Å². The monoisotopic (exact) mass is 282 g/mol. The van der Waals surface area contributed by atoms with Crippen molar-refractivity contribution in [1.82, 2.24) is 30.0 Å². The Labute approximate surface area is 123 Å². The molecule has 0 fully saturated rings. The number of H-pyrrole nitrogens is 1. The topological polar surface area (TPSA) is 71.4 Å². The lowest BCUT2D eigenvalue weighted by atomic mass is 10.1. The van der Waals surface area contributed by atoms with E-state index in [1.807, 2.05) is 37.1 Å². The summed E-state index contributed by atoms with van der Waals surface area (Å²) >= 11 is 0. The van der Waals surface area contributed by atoms with Gasteiger partial charge in [0, 0.05) is 49.0 Å². The minimum absolute atomic E-state index is 0.796. The minimum atomic E-state index is 0.796. The fourth-order valence-electron chi connectivity index (χ4n) is 2.23. The zero-order valence-corrected chi connectivity index (χ0v) is 11.7. The maximum atomic E-state index is 4.14. The summed E-state index contributed by atoms with van der Waals surface area (Å²) in [5.41, 5.74) is 3.25. The second-order valence-electron chi connectivity index (χ2n) is 4.84. The maximum Gasteiger partial charge on any atom is 0.0945 e. The molecule has 0 spiro atoms. The van der Waals surface area contributed by atoms with Crippen molar-refractivity contribution in [1.29, 1.82) is 0 Å². The van der Waals surface area contributed by atoms with Gasteiger partial charge in [-0.3, -0.25) is 10.1 Å². The first kappa shape index (κ1) is 13.5. The number of imidazole rings is 1. The average Bonchev–Trinajstić information content (AvgIpc) is 3.19. The van der Waals surface area contributed by atoms with Crippen molar-refractivity contribution in [2.24, 2.45) is 0 Å². The van der Waals surface area contributed by atoms with Crippen LogP contribution in [0.2, 0.25) is 0 Å². The largest absolute Gasteiger partial charge is 0.337 e. The quantitative estimate of drug-likeness (QED) is 0.649. The lowest BCUT2D eigenvalue weighted by molar-refractivity contribution is 0.581. The SMILES string of the molecule is c1cncc(-c2[nH]ncc2CNCCCn2ccnc2)c1. The van der Waals surface area contributed by atoms with Crippen molar-refractivity contribution >= 4 is 0 Å². The normalized spacial score (nSPS) is 10.9. The first-order valence-corrected chi connectivity index (χ1v) is 7.02. The fraction of sp³-hybridized carbons (Fsp3) is 0.267. The van der Waals surface area contributed by atoms with E-state index < -0.39 is 0 Å². The van der Waals surface area contributed by atoms with E-state index in [1.54, 1.807) is 12.4 Å². The molecule has 0 saturated carbocycles. The number of hydrogen-bond acceptors (Lipinski definition) is 4. The van der Waals surface area contributed by atoms with Crippen molar-refractivity contribution in [3.8, 4) is 11.3 Å². The predicted molar refractivity (Wildman–Crippen MR) is 80.4 cm³/mol. The minimum Gasteiger partial charge on any atom is -0.337 e. The number of aryl methyl sites for hydroxylation is 1. The van der Waals surface area contributed by atoms with Crippen LogP contribution in [-0.2, 0) is 13.1 Å². The summed E-state index contributed by atoms with van der Waals surface area (Å²) in [6, 6.07) is 3.96. The molecule has 0 aliphatic heterocycles. The van der Waals surface area contributed by atoms with Gasteiger partial charge < -0.3 is 9.88 Å². The van der Waals surface area contributed by atoms with E-state index in [4.69, 9.17) is 0 Å². The van der Waals surface area contributed by atoms with Crippen LogP contribution in [0.3, 0.4) is 0 Å². The van der Waals surface area contributed by atoms with Gasteiger partial charge >= 0.3 is 0 Å². The van der Waals surface area contributed by atoms with Gasteiger partial charge in [-0.25, -0.2) is 4.98 Å². The summed E-state index contributed by atoms with van der Waals surface area (Å²) in [5.74, 6) is 0.